The van der Waals surface area contributed by atoms with Crippen molar-refractivity contribution in [3.05, 3.63) is 57.6 Å². The van der Waals surface area contributed by atoms with E-state index in [0.717, 1.165) is 78.5 Å². The quantitative estimate of drug-likeness (QED) is 0.757. The van der Waals surface area contributed by atoms with Crippen molar-refractivity contribution in [1.29, 1.82) is 0 Å². The maximum Gasteiger partial charge on any atom is 0.267 e. The Morgan fingerprint density at radius 3 is 2.64 bits per heavy atom. The predicted octanol–water partition coefficient (Wildman–Crippen LogP) is 3.58. The second-order valence-corrected chi connectivity index (χ2v) is 8.08. The third kappa shape index (κ3) is 3.07. The number of anilines is 1. The van der Waals surface area contributed by atoms with Crippen LogP contribution in [0.25, 0.3) is 10.8 Å². The Labute approximate surface area is 164 Å². The number of nitrogens with one attached hydrogen (secondary N) is 1. The number of aryl methyl sites for hydroxylation is 3. The van der Waals surface area contributed by atoms with E-state index in [1.165, 1.54) is 0 Å². The molecule has 0 saturated heterocycles. The second-order valence-electron chi connectivity index (χ2n) is 8.08. The largest absolute Gasteiger partial charge is 0.365 e. The number of fused-ring (bicyclic) bond motifs is 2. The Hall–Kier alpha value is -2.76. The van der Waals surface area contributed by atoms with E-state index in [2.05, 4.69) is 27.6 Å². The first-order valence-electron chi connectivity index (χ1n) is 10.3. The minimum Gasteiger partial charge on any atom is -0.365 e. The molecule has 6 nitrogen and oxygen atoms in total. The number of rotatable bonds is 3. The molecular weight excluding hydrogens is 350 g/mol. The van der Waals surface area contributed by atoms with Crippen LogP contribution in [0.2, 0.25) is 0 Å². The third-order valence-corrected chi connectivity index (χ3v) is 6.24. The summed E-state index contributed by atoms with van der Waals surface area (Å²) in [6.07, 6.45) is 7.04. The van der Waals surface area contributed by atoms with Crippen LogP contribution in [0.1, 0.15) is 55.1 Å². The lowest BCUT2D eigenvalue weighted by Crippen LogP contribution is -2.34. The van der Waals surface area contributed by atoms with Gasteiger partial charge in [-0.1, -0.05) is 24.3 Å². The molecule has 144 valence electrons. The molecule has 0 unspecified atom stereocenters. The van der Waals surface area contributed by atoms with Crippen molar-refractivity contribution in [2.24, 2.45) is 0 Å². The summed E-state index contributed by atoms with van der Waals surface area (Å²) in [5.41, 5.74) is 3.29. The van der Waals surface area contributed by atoms with E-state index in [0.29, 0.717) is 6.04 Å². The maximum absolute atomic E-state index is 12.5. The molecule has 28 heavy (non-hydrogen) atoms. The number of nitrogens with zero attached hydrogens (tertiary/aromatic N) is 4. The minimum absolute atomic E-state index is 0.0625. The Balaban J connectivity index is 1.31. The fourth-order valence-electron chi connectivity index (χ4n) is 4.68. The summed E-state index contributed by atoms with van der Waals surface area (Å²) in [5, 5.41) is 19.3. The summed E-state index contributed by atoms with van der Waals surface area (Å²) in [6, 6.07) is 10.6. The van der Waals surface area contributed by atoms with Crippen LogP contribution in [0.5, 0.6) is 0 Å². The molecule has 5 rings (SSSR count). The lowest BCUT2D eigenvalue weighted by Gasteiger charge is -2.30. The van der Waals surface area contributed by atoms with Crippen molar-refractivity contribution in [3.63, 3.8) is 0 Å². The number of hydrogen-bond acceptors (Lipinski definition) is 5. The van der Waals surface area contributed by atoms with Crippen LogP contribution in [0.15, 0.2) is 35.1 Å². The van der Waals surface area contributed by atoms with Crippen molar-refractivity contribution in [3.8, 4) is 0 Å². The van der Waals surface area contributed by atoms with Crippen molar-refractivity contribution >= 4 is 16.6 Å². The highest BCUT2D eigenvalue weighted by atomic mass is 16.1. The predicted molar refractivity (Wildman–Crippen MR) is 110 cm³/mol. The van der Waals surface area contributed by atoms with E-state index >= 15 is 0 Å². The molecule has 1 fully saturated rings. The smallest absolute Gasteiger partial charge is 0.267 e. The van der Waals surface area contributed by atoms with Crippen LogP contribution in [0, 0.1) is 6.92 Å². The lowest BCUT2D eigenvalue weighted by molar-refractivity contribution is 0.301. The highest BCUT2D eigenvalue weighted by Crippen LogP contribution is 2.31. The van der Waals surface area contributed by atoms with E-state index in [1.807, 2.05) is 25.1 Å². The summed E-state index contributed by atoms with van der Waals surface area (Å²) in [4.78, 5) is 12.5. The average Bonchev–Trinajstić information content (AvgIpc) is 3.17. The van der Waals surface area contributed by atoms with E-state index in [4.69, 9.17) is 5.10 Å². The molecular formula is C22H25N5O. The monoisotopic (exact) mass is 375 g/mol. The molecule has 1 saturated carbocycles. The van der Waals surface area contributed by atoms with Gasteiger partial charge < -0.3 is 5.32 Å². The van der Waals surface area contributed by atoms with Gasteiger partial charge in [-0.3, -0.25) is 4.79 Å². The average molecular weight is 375 g/mol. The molecule has 2 aliphatic carbocycles. The van der Waals surface area contributed by atoms with E-state index < -0.39 is 0 Å². The number of hydrogen-bond donors (Lipinski definition) is 1. The topological polar surface area (TPSA) is 72.7 Å². The van der Waals surface area contributed by atoms with E-state index in [-0.39, 0.29) is 11.6 Å². The van der Waals surface area contributed by atoms with Crippen molar-refractivity contribution < 1.29 is 0 Å². The van der Waals surface area contributed by atoms with Gasteiger partial charge >= 0.3 is 0 Å². The zero-order valence-corrected chi connectivity index (χ0v) is 16.2. The van der Waals surface area contributed by atoms with Gasteiger partial charge in [0.25, 0.3) is 5.56 Å². The van der Waals surface area contributed by atoms with Crippen molar-refractivity contribution in [2.75, 3.05) is 5.32 Å². The zero-order valence-electron chi connectivity index (χ0n) is 16.2. The summed E-state index contributed by atoms with van der Waals surface area (Å²) in [5.74, 6) is 0.859. The van der Waals surface area contributed by atoms with Gasteiger partial charge in [0.1, 0.15) is 0 Å². The molecule has 2 heterocycles. The van der Waals surface area contributed by atoms with E-state index in [1.54, 1.807) is 4.68 Å². The van der Waals surface area contributed by atoms with Gasteiger partial charge in [-0.15, -0.1) is 5.10 Å². The Morgan fingerprint density at radius 1 is 1.04 bits per heavy atom. The summed E-state index contributed by atoms with van der Waals surface area (Å²) < 4.78 is 1.75. The molecule has 0 radical (unpaired) electrons. The molecule has 3 aromatic rings. The van der Waals surface area contributed by atoms with Gasteiger partial charge in [0.15, 0.2) is 5.82 Å². The van der Waals surface area contributed by atoms with Crippen molar-refractivity contribution in [2.45, 2.75) is 64.0 Å². The Morgan fingerprint density at radius 2 is 1.82 bits per heavy atom. The van der Waals surface area contributed by atoms with Gasteiger partial charge in [-0.2, -0.15) is 10.2 Å². The van der Waals surface area contributed by atoms with Gasteiger partial charge in [0.05, 0.1) is 17.4 Å². The fourth-order valence-corrected chi connectivity index (χ4v) is 4.68. The lowest BCUT2D eigenvalue weighted by atomic mass is 9.91. The van der Waals surface area contributed by atoms with Crippen LogP contribution in [-0.4, -0.2) is 26.0 Å². The number of aromatic nitrogens is 4. The zero-order chi connectivity index (χ0) is 19.1. The first kappa shape index (κ1) is 17.3. The van der Waals surface area contributed by atoms with E-state index in [9.17, 15) is 4.79 Å². The van der Waals surface area contributed by atoms with Gasteiger partial charge in [0.2, 0.25) is 0 Å². The highest BCUT2D eigenvalue weighted by molar-refractivity contribution is 5.92. The Kier molecular flexibility index (Phi) is 4.34. The fraction of sp³-hybridized carbons (Fsp3) is 0.455. The molecule has 0 spiro atoms. The van der Waals surface area contributed by atoms with Crippen LogP contribution in [0.4, 0.5) is 5.82 Å². The summed E-state index contributed by atoms with van der Waals surface area (Å²) >= 11 is 0. The maximum atomic E-state index is 12.5. The van der Waals surface area contributed by atoms with Crippen LogP contribution in [-0.2, 0) is 12.8 Å². The molecule has 2 aromatic heterocycles. The van der Waals surface area contributed by atoms with Gasteiger partial charge in [-0.05, 0) is 57.4 Å². The minimum atomic E-state index is 0.0625. The molecule has 1 aromatic carbocycles. The van der Waals surface area contributed by atoms with Gasteiger partial charge in [-0.25, -0.2) is 4.68 Å². The van der Waals surface area contributed by atoms with Crippen LogP contribution in [0.3, 0.4) is 0 Å². The standard InChI is InChI=1S/C22H25N5O/c1-14-18-6-2-3-7-19(18)22(25-24-14)23-16-9-11-17(12-10-16)27-21(28)13-15-5-4-8-20(15)26-27/h2-3,6-7,13,16-17H,4-5,8-12H2,1H3,(H,23,25). The molecule has 0 amide bonds. The Bertz CT molecular complexity index is 1080. The van der Waals surface area contributed by atoms with Crippen molar-refractivity contribution in [1.82, 2.24) is 20.0 Å². The summed E-state index contributed by atoms with van der Waals surface area (Å²) in [7, 11) is 0. The first-order valence-corrected chi connectivity index (χ1v) is 10.3. The summed E-state index contributed by atoms with van der Waals surface area (Å²) in [6.45, 7) is 1.99. The first-order chi connectivity index (χ1) is 13.7. The molecule has 1 N–H and O–H groups in total. The normalized spacial score (nSPS) is 21.6. The molecule has 0 atom stereocenters. The second kappa shape index (κ2) is 7.00. The third-order valence-electron chi connectivity index (χ3n) is 6.24. The van der Waals surface area contributed by atoms with Crippen LogP contribution < -0.4 is 10.9 Å². The molecule has 0 bridgehead atoms. The van der Waals surface area contributed by atoms with Gasteiger partial charge in [0, 0.05) is 22.9 Å². The number of benzene rings is 1. The molecule has 2 aliphatic rings. The SMILES string of the molecule is Cc1nnc(NC2CCC(n3nc4c(cc3=O)CCC4)CC2)c2ccccc12. The van der Waals surface area contributed by atoms with Crippen LogP contribution >= 0.6 is 0 Å². The highest BCUT2D eigenvalue weighted by Gasteiger charge is 2.26. The molecule has 0 aliphatic heterocycles. The molecule has 6 heteroatoms.